The fourth-order valence-corrected chi connectivity index (χ4v) is 8.29. The van der Waals surface area contributed by atoms with Crippen LogP contribution in [0.15, 0.2) is 17.0 Å². The van der Waals surface area contributed by atoms with Crippen molar-refractivity contribution >= 4 is 15.9 Å². The molecular weight excluding hydrogens is 516 g/mol. The zero-order valence-electron chi connectivity index (χ0n) is 24.4. The van der Waals surface area contributed by atoms with Gasteiger partial charge in [0.25, 0.3) is 0 Å². The molecule has 1 amide bonds. The van der Waals surface area contributed by atoms with Gasteiger partial charge in [0, 0.05) is 38.8 Å². The van der Waals surface area contributed by atoms with E-state index >= 15 is 0 Å². The summed E-state index contributed by atoms with van der Waals surface area (Å²) in [5, 5.41) is 0. The molecule has 0 saturated carbocycles. The summed E-state index contributed by atoms with van der Waals surface area (Å²) in [5.41, 5.74) is 2.90. The second-order valence-electron chi connectivity index (χ2n) is 11.1. The zero-order valence-corrected chi connectivity index (χ0v) is 25.2. The van der Waals surface area contributed by atoms with Crippen molar-refractivity contribution in [2.24, 2.45) is 0 Å². The molecule has 3 saturated heterocycles. The van der Waals surface area contributed by atoms with Crippen LogP contribution < -0.4 is 0 Å². The molecule has 1 aromatic rings. The number of amides is 1. The minimum absolute atomic E-state index is 0.0270. The van der Waals surface area contributed by atoms with Gasteiger partial charge in [-0.1, -0.05) is 32.9 Å². The number of rotatable bonds is 10. The van der Waals surface area contributed by atoms with Crippen molar-refractivity contribution in [2.45, 2.75) is 69.9 Å². The van der Waals surface area contributed by atoms with Crippen molar-refractivity contribution in [3.8, 4) is 0 Å². The molecule has 0 unspecified atom stereocenters. The van der Waals surface area contributed by atoms with Gasteiger partial charge in [0.05, 0.1) is 30.8 Å². The van der Waals surface area contributed by atoms with E-state index in [9.17, 15) is 13.2 Å². The average molecular weight is 565 g/mol. The van der Waals surface area contributed by atoms with Crippen LogP contribution in [-0.4, -0.2) is 125 Å². The predicted molar refractivity (Wildman–Crippen MR) is 153 cm³/mol. The van der Waals surface area contributed by atoms with Crippen LogP contribution in [0.1, 0.15) is 50.3 Å². The maximum atomic E-state index is 14.0. The molecule has 3 heterocycles. The van der Waals surface area contributed by atoms with Crippen LogP contribution >= 0.6 is 0 Å². The first-order chi connectivity index (χ1) is 18.8. The van der Waals surface area contributed by atoms with Crippen LogP contribution in [0.25, 0.3) is 0 Å². The molecule has 0 aromatic heterocycles. The Morgan fingerprint density at radius 1 is 0.949 bits per heavy atom. The highest BCUT2D eigenvalue weighted by Gasteiger charge is 2.37. The number of nitrogens with zero attached hydrogens (tertiary/aromatic N) is 4. The largest absolute Gasteiger partial charge is 0.378 e. The first kappa shape index (κ1) is 30.4. The first-order valence-electron chi connectivity index (χ1n) is 14.8. The molecule has 0 aliphatic carbocycles. The van der Waals surface area contributed by atoms with E-state index in [1.54, 1.807) is 4.31 Å². The van der Waals surface area contributed by atoms with Gasteiger partial charge in [-0.3, -0.25) is 9.69 Å². The third-order valence-electron chi connectivity index (χ3n) is 8.62. The second-order valence-corrected chi connectivity index (χ2v) is 12.9. The van der Waals surface area contributed by atoms with Gasteiger partial charge in [0.15, 0.2) is 0 Å². The number of morpholine rings is 1. The van der Waals surface area contributed by atoms with E-state index in [0.717, 1.165) is 62.4 Å². The minimum Gasteiger partial charge on any atom is -0.378 e. The van der Waals surface area contributed by atoms with E-state index in [0.29, 0.717) is 30.4 Å². The SMILES string of the molecule is CCc1cc(CC)c(S(=O)(=O)N2CCOC[C@H]2COCC(=O)N2CCN(C3CCN(C)CC3)CC2)c(CC)c1. The summed E-state index contributed by atoms with van der Waals surface area (Å²) < 4.78 is 41.1. The average Bonchev–Trinajstić information content (AvgIpc) is 2.97. The van der Waals surface area contributed by atoms with Gasteiger partial charge in [-0.25, -0.2) is 8.42 Å². The molecule has 0 bridgehead atoms. The van der Waals surface area contributed by atoms with E-state index in [1.165, 1.54) is 12.8 Å². The van der Waals surface area contributed by atoms with Crippen molar-refractivity contribution in [1.82, 2.24) is 19.0 Å². The van der Waals surface area contributed by atoms with Gasteiger partial charge in [-0.05, 0) is 68.9 Å². The molecule has 10 heteroatoms. The molecule has 0 spiro atoms. The van der Waals surface area contributed by atoms with E-state index in [4.69, 9.17) is 9.47 Å². The topological polar surface area (TPSA) is 82.6 Å². The lowest BCUT2D eigenvalue weighted by molar-refractivity contribution is -0.139. The minimum atomic E-state index is -3.74. The molecule has 3 aliphatic heterocycles. The lowest BCUT2D eigenvalue weighted by Gasteiger charge is -2.42. The van der Waals surface area contributed by atoms with Crippen molar-refractivity contribution in [3.63, 3.8) is 0 Å². The molecule has 3 aliphatic rings. The number of benzene rings is 1. The van der Waals surface area contributed by atoms with Crippen LogP contribution in [0, 0.1) is 0 Å². The van der Waals surface area contributed by atoms with Crippen LogP contribution in [-0.2, 0) is 43.6 Å². The first-order valence-corrected chi connectivity index (χ1v) is 16.2. The van der Waals surface area contributed by atoms with Gasteiger partial charge in [0.1, 0.15) is 6.61 Å². The molecule has 1 atom stereocenters. The summed E-state index contributed by atoms with van der Waals surface area (Å²) in [6.07, 6.45) is 4.56. The summed E-state index contributed by atoms with van der Waals surface area (Å²) in [4.78, 5) is 20.1. The van der Waals surface area contributed by atoms with Crippen molar-refractivity contribution in [1.29, 1.82) is 0 Å². The smallest absolute Gasteiger partial charge is 0.248 e. The van der Waals surface area contributed by atoms with Gasteiger partial charge in [-0.2, -0.15) is 4.31 Å². The van der Waals surface area contributed by atoms with Crippen LogP contribution in [0.4, 0.5) is 0 Å². The van der Waals surface area contributed by atoms with Crippen LogP contribution in [0.5, 0.6) is 0 Å². The lowest BCUT2D eigenvalue weighted by Crippen LogP contribution is -2.55. The normalized spacial score (nSPS) is 22.9. The monoisotopic (exact) mass is 564 g/mol. The Hall–Kier alpha value is -1.56. The maximum absolute atomic E-state index is 14.0. The van der Waals surface area contributed by atoms with E-state index in [1.807, 2.05) is 30.9 Å². The van der Waals surface area contributed by atoms with Crippen LogP contribution in [0.3, 0.4) is 0 Å². The molecule has 39 heavy (non-hydrogen) atoms. The van der Waals surface area contributed by atoms with Crippen LogP contribution in [0.2, 0.25) is 0 Å². The molecule has 3 fully saturated rings. The summed E-state index contributed by atoms with van der Waals surface area (Å²) in [7, 11) is -1.57. The quantitative estimate of drug-likeness (QED) is 0.430. The van der Waals surface area contributed by atoms with Gasteiger partial charge >= 0.3 is 0 Å². The fraction of sp³-hybridized carbons (Fsp3) is 0.759. The number of ether oxygens (including phenoxy) is 2. The molecule has 4 rings (SSSR count). The number of likely N-dealkylation sites (tertiary alicyclic amines) is 1. The molecule has 0 N–H and O–H groups in total. The number of hydrogen-bond donors (Lipinski definition) is 0. The summed E-state index contributed by atoms with van der Waals surface area (Å²) in [6.45, 7) is 12.6. The summed E-state index contributed by atoms with van der Waals surface area (Å²) in [6, 6.07) is 4.22. The van der Waals surface area contributed by atoms with E-state index in [2.05, 4.69) is 23.8 Å². The number of piperazine rings is 1. The predicted octanol–water partition coefficient (Wildman–Crippen LogP) is 2.02. The Bertz CT molecular complexity index is 1040. The van der Waals surface area contributed by atoms with Crippen molar-refractivity contribution in [3.05, 3.63) is 28.8 Å². The van der Waals surface area contributed by atoms with Gasteiger partial charge in [-0.15, -0.1) is 0 Å². The summed E-state index contributed by atoms with van der Waals surface area (Å²) >= 11 is 0. The van der Waals surface area contributed by atoms with Crippen molar-refractivity contribution < 1.29 is 22.7 Å². The highest BCUT2D eigenvalue weighted by molar-refractivity contribution is 7.89. The number of carbonyl (C=O) groups is 1. The Morgan fingerprint density at radius 3 is 2.18 bits per heavy atom. The Balaban J connectivity index is 1.34. The van der Waals surface area contributed by atoms with E-state index in [-0.39, 0.29) is 32.3 Å². The number of piperidine rings is 1. The number of hydrogen-bond acceptors (Lipinski definition) is 7. The maximum Gasteiger partial charge on any atom is 0.248 e. The third-order valence-corrected chi connectivity index (χ3v) is 10.8. The highest BCUT2D eigenvalue weighted by Crippen LogP contribution is 2.30. The number of aryl methyl sites for hydroxylation is 3. The molecule has 1 aromatic carbocycles. The zero-order chi connectivity index (χ0) is 28.0. The molecule has 220 valence electrons. The Labute approximate surface area is 235 Å². The molecular formula is C29H48N4O5S. The second kappa shape index (κ2) is 13.9. The third kappa shape index (κ3) is 7.21. The van der Waals surface area contributed by atoms with Gasteiger partial charge < -0.3 is 19.3 Å². The lowest BCUT2D eigenvalue weighted by atomic mass is 10.0. The molecule has 0 radical (unpaired) electrons. The number of carbonyl (C=O) groups excluding carboxylic acids is 1. The van der Waals surface area contributed by atoms with E-state index < -0.39 is 16.1 Å². The Morgan fingerprint density at radius 2 is 1.59 bits per heavy atom. The highest BCUT2D eigenvalue weighted by atomic mass is 32.2. The Kier molecular flexibility index (Phi) is 10.8. The molecule has 9 nitrogen and oxygen atoms in total. The fourth-order valence-electron chi connectivity index (χ4n) is 6.16. The summed E-state index contributed by atoms with van der Waals surface area (Å²) in [5.74, 6) is -0.0270. The van der Waals surface area contributed by atoms with Gasteiger partial charge in [0.2, 0.25) is 15.9 Å². The standard InChI is InChI=1S/C29H48N4O5S/c1-5-23-18-24(6-2)29(25(7-3)19-23)39(35,36)33-16-17-37-20-27(33)21-38-22-28(34)32-14-12-31(13-15-32)26-8-10-30(4)11-9-26/h18-19,26-27H,5-17,20-22H2,1-4H3/t27-/m0/s1. The number of sulfonamides is 1. The van der Waals surface area contributed by atoms with Crippen molar-refractivity contribution in [2.75, 3.05) is 79.3 Å².